The summed E-state index contributed by atoms with van der Waals surface area (Å²) in [6, 6.07) is -0.967. The second kappa shape index (κ2) is 48.8. The molecule has 0 bridgehead atoms. The topological polar surface area (TPSA) is 228 Å². The normalized spacial score (nSPS) is 25.2. The van der Waals surface area contributed by atoms with Crippen LogP contribution in [0.2, 0.25) is 0 Å². The Labute approximate surface area is 471 Å². The molecule has 0 saturated carbocycles. The Bertz CT molecular complexity index is 1630. The van der Waals surface area contributed by atoms with Crippen LogP contribution in [0.1, 0.15) is 219 Å². The molecule has 9 N–H and O–H groups in total. The van der Waals surface area contributed by atoms with E-state index in [1.807, 2.05) is 12.2 Å². The van der Waals surface area contributed by atoms with Crippen molar-refractivity contribution in [2.45, 2.75) is 293 Å². The predicted octanol–water partition coefficient (Wildman–Crippen LogP) is 10.9. The zero-order valence-corrected chi connectivity index (χ0v) is 48.4. The van der Waals surface area contributed by atoms with Gasteiger partial charge in [-0.3, -0.25) is 4.79 Å². The fourth-order valence-corrected chi connectivity index (χ4v) is 9.64. The third-order valence-electron chi connectivity index (χ3n) is 14.6. The summed E-state index contributed by atoms with van der Waals surface area (Å²) < 4.78 is 22.7. The van der Waals surface area contributed by atoms with E-state index >= 15 is 0 Å². The first kappa shape index (κ1) is 71.3. The molecular weight excluding hydrogens is 991 g/mol. The SMILES string of the molecule is CC/C=C\C/C=C\C/C=C\C/C=C\C/C=C\CCCC(=O)NC(COC1OC(CO)C(OC2OC(CO)C(O)C(O)C2O)C(O)C1O)C(O)/C=C/CC/C=C/CCCCCCCCCCCCCCCCCCCCCCC. The summed E-state index contributed by atoms with van der Waals surface area (Å²) in [7, 11) is 0. The van der Waals surface area contributed by atoms with E-state index in [4.69, 9.17) is 18.9 Å². The molecule has 0 aromatic carbocycles. The van der Waals surface area contributed by atoms with Gasteiger partial charge in [-0.15, -0.1) is 0 Å². The summed E-state index contributed by atoms with van der Waals surface area (Å²) >= 11 is 0. The molecule has 2 saturated heterocycles. The molecule has 0 aromatic heterocycles. The number of hydrogen-bond acceptors (Lipinski definition) is 13. The van der Waals surface area contributed by atoms with E-state index in [-0.39, 0.29) is 18.9 Å². The number of amides is 1. The van der Waals surface area contributed by atoms with Crippen LogP contribution < -0.4 is 5.32 Å². The number of nitrogens with one attached hydrogen (secondary N) is 1. The van der Waals surface area contributed by atoms with Gasteiger partial charge in [0.15, 0.2) is 12.6 Å². The number of rotatable bonds is 48. The molecule has 14 heteroatoms. The van der Waals surface area contributed by atoms with Crippen LogP contribution in [0.5, 0.6) is 0 Å². The average Bonchev–Trinajstić information content (AvgIpc) is 3.48. The van der Waals surface area contributed by atoms with Crippen molar-refractivity contribution in [3.63, 3.8) is 0 Å². The molecule has 2 aliphatic heterocycles. The molecule has 2 heterocycles. The smallest absolute Gasteiger partial charge is 0.220 e. The van der Waals surface area contributed by atoms with E-state index in [0.29, 0.717) is 19.3 Å². The zero-order valence-electron chi connectivity index (χ0n) is 48.4. The minimum absolute atomic E-state index is 0.191. The molecule has 0 radical (unpaired) electrons. The van der Waals surface area contributed by atoms with E-state index < -0.39 is 86.8 Å². The standard InChI is InChI=1S/C64H111NO13/c1-3-5-7-9-11-13-15-17-19-21-22-23-24-25-26-27-28-29-30-32-33-35-37-39-41-43-45-47-53(68)52(65-56(69)48-46-44-42-40-38-36-34-31-20-18-16-14-12-10-8-6-4-2)51-75-63-61(74)59(72)62(55(50-67)77-63)78-64-60(73)58(71)57(70)54(49-66)76-64/h6,8,12,14,18,20,34,36-37,39-40,42,45,47,52-55,57-64,66-68,70-74H,3-5,7,9-11,13,15-17,19,21-33,35,38,41,43-44,46,48-51H2,1-2H3,(H,65,69)/b8-6-,14-12-,20-18-,36-34-,39-37+,42-40-,47-45+. The molecule has 78 heavy (non-hydrogen) atoms. The van der Waals surface area contributed by atoms with Crippen LogP contribution in [-0.2, 0) is 23.7 Å². The molecule has 2 aliphatic rings. The fourth-order valence-electron chi connectivity index (χ4n) is 9.64. The maximum atomic E-state index is 13.2. The van der Waals surface area contributed by atoms with Crippen LogP contribution in [0.25, 0.3) is 0 Å². The second-order valence-corrected chi connectivity index (χ2v) is 21.4. The summed E-state index contributed by atoms with van der Waals surface area (Å²) in [4.78, 5) is 13.2. The third kappa shape index (κ3) is 33.8. The van der Waals surface area contributed by atoms with Gasteiger partial charge in [0.25, 0.3) is 0 Å². The molecule has 0 aromatic rings. The largest absolute Gasteiger partial charge is 0.394 e. The minimum Gasteiger partial charge on any atom is -0.394 e. The van der Waals surface area contributed by atoms with Gasteiger partial charge in [0.2, 0.25) is 5.91 Å². The van der Waals surface area contributed by atoms with Crippen LogP contribution in [-0.4, -0.2) is 140 Å². The summed E-state index contributed by atoms with van der Waals surface area (Å²) in [5.74, 6) is -0.307. The first-order valence-corrected chi connectivity index (χ1v) is 30.8. The van der Waals surface area contributed by atoms with Crippen LogP contribution in [0, 0.1) is 0 Å². The van der Waals surface area contributed by atoms with Gasteiger partial charge >= 0.3 is 0 Å². The number of hydrogen-bond donors (Lipinski definition) is 9. The molecule has 14 nitrogen and oxygen atoms in total. The van der Waals surface area contributed by atoms with Crippen molar-refractivity contribution in [2.24, 2.45) is 0 Å². The lowest BCUT2D eigenvalue weighted by Crippen LogP contribution is -2.65. The van der Waals surface area contributed by atoms with Gasteiger partial charge < -0.3 is 65.1 Å². The maximum absolute atomic E-state index is 13.2. The van der Waals surface area contributed by atoms with Gasteiger partial charge in [-0.1, -0.05) is 227 Å². The van der Waals surface area contributed by atoms with E-state index in [9.17, 15) is 45.6 Å². The minimum atomic E-state index is -1.80. The van der Waals surface area contributed by atoms with Crippen molar-refractivity contribution in [3.8, 4) is 0 Å². The van der Waals surface area contributed by atoms with Crippen molar-refractivity contribution < 1.29 is 64.6 Å². The van der Waals surface area contributed by atoms with Crippen LogP contribution in [0.4, 0.5) is 0 Å². The first-order valence-electron chi connectivity index (χ1n) is 30.8. The molecule has 12 atom stereocenters. The Morgan fingerprint density at radius 2 is 0.897 bits per heavy atom. The lowest BCUT2D eigenvalue weighted by Gasteiger charge is -2.46. The van der Waals surface area contributed by atoms with E-state index in [1.165, 1.54) is 135 Å². The Kier molecular flexibility index (Phi) is 44.6. The monoisotopic (exact) mass is 1100 g/mol. The number of allylic oxidation sites excluding steroid dienone is 13. The van der Waals surface area contributed by atoms with Crippen molar-refractivity contribution in [1.29, 1.82) is 0 Å². The van der Waals surface area contributed by atoms with Gasteiger partial charge in [-0.2, -0.15) is 0 Å². The summed E-state index contributed by atoms with van der Waals surface area (Å²) in [6.07, 6.45) is 49.3. The lowest BCUT2D eigenvalue weighted by molar-refractivity contribution is -0.359. The first-order chi connectivity index (χ1) is 38.1. The highest BCUT2D eigenvalue weighted by Crippen LogP contribution is 2.30. The van der Waals surface area contributed by atoms with Gasteiger partial charge in [-0.25, -0.2) is 0 Å². The Balaban J connectivity index is 1.77. The van der Waals surface area contributed by atoms with Gasteiger partial charge in [0.1, 0.15) is 48.8 Å². The van der Waals surface area contributed by atoms with E-state index in [2.05, 4.69) is 86.0 Å². The van der Waals surface area contributed by atoms with Crippen LogP contribution >= 0.6 is 0 Å². The highest BCUT2D eigenvalue weighted by Gasteiger charge is 2.51. The van der Waals surface area contributed by atoms with Crippen LogP contribution in [0.3, 0.4) is 0 Å². The number of carbonyl (C=O) groups excluding carboxylic acids is 1. The van der Waals surface area contributed by atoms with E-state index in [0.717, 1.165) is 44.9 Å². The number of ether oxygens (including phenoxy) is 4. The quantitative estimate of drug-likeness (QED) is 0.0204. The molecule has 0 aliphatic carbocycles. The Morgan fingerprint density at radius 3 is 1.41 bits per heavy atom. The molecular formula is C64H111NO13. The predicted molar refractivity (Wildman–Crippen MR) is 313 cm³/mol. The Morgan fingerprint density at radius 1 is 0.474 bits per heavy atom. The zero-order chi connectivity index (χ0) is 56.7. The summed E-state index contributed by atoms with van der Waals surface area (Å²) in [5.41, 5.74) is 0. The van der Waals surface area contributed by atoms with Crippen molar-refractivity contribution in [1.82, 2.24) is 5.32 Å². The number of carbonyl (C=O) groups is 1. The maximum Gasteiger partial charge on any atom is 0.220 e. The third-order valence-corrected chi connectivity index (χ3v) is 14.6. The van der Waals surface area contributed by atoms with Gasteiger partial charge in [0, 0.05) is 6.42 Å². The molecule has 2 fully saturated rings. The fraction of sp³-hybridized carbons (Fsp3) is 0.766. The van der Waals surface area contributed by atoms with Crippen molar-refractivity contribution >= 4 is 5.91 Å². The number of aliphatic hydroxyl groups excluding tert-OH is 8. The van der Waals surface area contributed by atoms with Crippen LogP contribution in [0.15, 0.2) is 85.1 Å². The molecule has 12 unspecified atom stereocenters. The highest BCUT2D eigenvalue weighted by molar-refractivity contribution is 5.76. The molecule has 1 amide bonds. The molecule has 2 rings (SSSR count). The lowest BCUT2D eigenvalue weighted by atomic mass is 9.97. The van der Waals surface area contributed by atoms with Gasteiger partial charge in [0.05, 0.1) is 32.0 Å². The summed E-state index contributed by atoms with van der Waals surface area (Å²) in [5, 5.41) is 87.0. The van der Waals surface area contributed by atoms with Crippen molar-refractivity contribution in [2.75, 3.05) is 19.8 Å². The van der Waals surface area contributed by atoms with E-state index in [1.54, 1.807) is 6.08 Å². The average molecular weight is 1100 g/mol. The Hall–Kier alpha value is -2.83. The molecule has 0 spiro atoms. The highest BCUT2D eigenvalue weighted by atomic mass is 16.7. The molecule has 450 valence electrons. The second-order valence-electron chi connectivity index (χ2n) is 21.4. The van der Waals surface area contributed by atoms with Crippen molar-refractivity contribution in [3.05, 3.63) is 85.1 Å². The number of aliphatic hydroxyl groups is 8. The number of unbranched alkanes of at least 4 members (excludes halogenated alkanes) is 23. The van der Waals surface area contributed by atoms with Gasteiger partial charge in [-0.05, 0) is 70.6 Å². The summed E-state index contributed by atoms with van der Waals surface area (Å²) in [6.45, 7) is 2.63.